The van der Waals surface area contributed by atoms with Crippen molar-refractivity contribution in [3.63, 3.8) is 0 Å². The Morgan fingerprint density at radius 2 is 1.84 bits per heavy atom. The van der Waals surface area contributed by atoms with E-state index in [0.717, 1.165) is 63.3 Å². The van der Waals surface area contributed by atoms with Crippen LogP contribution in [0.2, 0.25) is 0 Å². The molecule has 1 amide bonds. The monoisotopic (exact) mass is 504 g/mol. The number of phenolic OH excluding ortho intramolecular Hbond substituents is 1. The molecule has 0 unspecified atom stereocenters. The number of carbonyl (C=O) groups is 1. The van der Waals surface area contributed by atoms with Crippen molar-refractivity contribution in [2.75, 3.05) is 5.32 Å². The first-order valence-electron chi connectivity index (χ1n) is 12.2. The molecule has 7 rings (SSSR count). The molecular weight excluding hydrogens is 483 g/mol. The number of aromatic nitrogens is 5. The van der Waals surface area contributed by atoms with Crippen molar-refractivity contribution in [1.82, 2.24) is 25.1 Å². The van der Waals surface area contributed by atoms with Crippen LogP contribution in [0.15, 0.2) is 73.2 Å². The number of hydrogen-bond acceptors (Lipinski definition) is 5. The van der Waals surface area contributed by atoms with E-state index in [-0.39, 0.29) is 17.6 Å². The van der Waals surface area contributed by atoms with Crippen LogP contribution in [0.5, 0.6) is 5.75 Å². The van der Waals surface area contributed by atoms with Gasteiger partial charge in [-0.1, -0.05) is 12.1 Å². The number of aromatic hydroxyl groups is 1. The molecule has 4 aromatic heterocycles. The van der Waals surface area contributed by atoms with Crippen LogP contribution in [0.25, 0.3) is 55.6 Å². The number of fused-ring (bicyclic) bond motifs is 2. The summed E-state index contributed by atoms with van der Waals surface area (Å²) in [5.41, 5.74) is 6.64. The third kappa shape index (κ3) is 3.94. The van der Waals surface area contributed by atoms with Crippen molar-refractivity contribution in [1.29, 1.82) is 0 Å². The summed E-state index contributed by atoms with van der Waals surface area (Å²) in [6, 6.07) is 15.6. The first-order chi connectivity index (χ1) is 18.5. The Kier molecular flexibility index (Phi) is 4.97. The molecule has 0 aliphatic heterocycles. The summed E-state index contributed by atoms with van der Waals surface area (Å²) < 4.78 is 14.0. The minimum atomic E-state index is -0.503. The van der Waals surface area contributed by atoms with Crippen molar-refractivity contribution in [3.8, 4) is 39.4 Å². The van der Waals surface area contributed by atoms with E-state index in [1.54, 1.807) is 24.7 Å². The third-order valence-corrected chi connectivity index (χ3v) is 6.82. The van der Waals surface area contributed by atoms with E-state index in [1.165, 1.54) is 6.07 Å². The molecule has 0 saturated heterocycles. The van der Waals surface area contributed by atoms with Gasteiger partial charge in [0.25, 0.3) is 0 Å². The van der Waals surface area contributed by atoms with E-state index in [2.05, 4.69) is 30.5 Å². The topological polar surface area (TPSA) is 120 Å². The fourth-order valence-electron chi connectivity index (χ4n) is 4.79. The van der Waals surface area contributed by atoms with Gasteiger partial charge in [0.05, 0.1) is 23.3 Å². The predicted octanol–water partition coefficient (Wildman–Crippen LogP) is 6.03. The largest absolute Gasteiger partial charge is 0.508 e. The molecule has 0 atom stereocenters. The molecule has 1 aliphatic rings. The van der Waals surface area contributed by atoms with Gasteiger partial charge in [-0.3, -0.25) is 14.9 Å². The number of amides is 1. The minimum Gasteiger partial charge on any atom is -0.508 e. The van der Waals surface area contributed by atoms with Gasteiger partial charge in [0.1, 0.15) is 11.6 Å². The van der Waals surface area contributed by atoms with Crippen LogP contribution in [0.1, 0.15) is 12.8 Å². The molecule has 186 valence electrons. The number of halogens is 1. The summed E-state index contributed by atoms with van der Waals surface area (Å²) in [6.07, 6.45) is 6.97. The molecule has 38 heavy (non-hydrogen) atoms. The van der Waals surface area contributed by atoms with Gasteiger partial charge in [-0.2, -0.15) is 5.10 Å². The van der Waals surface area contributed by atoms with Gasteiger partial charge < -0.3 is 15.4 Å². The lowest BCUT2D eigenvalue weighted by molar-refractivity contribution is -0.117. The molecule has 2 aromatic carbocycles. The zero-order valence-electron chi connectivity index (χ0n) is 20.0. The van der Waals surface area contributed by atoms with Crippen molar-refractivity contribution in [2.24, 2.45) is 5.92 Å². The molecule has 4 heterocycles. The number of rotatable bonds is 5. The van der Waals surface area contributed by atoms with Gasteiger partial charge in [0, 0.05) is 51.8 Å². The Morgan fingerprint density at radius 1 is 0.974 bits per heavy atom. The normalized spacial score (nSPS) is 13.3. The van der Waals surface area contributed by atoms with Crippen molar-refractivity contribution >= 4 is 33.5 Å². The highest BCUT2D eigenvalue weighted by Crippen LogP contribution is 2.36. The Bertz CT molecular complexity index is 1850. The molecule has 1 aliphatic carbocycles. The predicted molar refractivity (Wildman–Crippen MR) is 143 cm³/mol. The van der Waals surface area contributed by atoms with Gasteiger partial charge in [-0.15, -0.1) is 0 Å². The van der Waals surface area contributed by atoms with Gasteiger partial charge in [0.15, 0.2) is 5.65 Å². The maximum atomic E-state index is 14.0. The molecular formula is C29H21FN6O2. The second kappa shape index (κ2) is 8.52. The van der Waals surface area contributed by atoms with Crippen LogP contribution < -0.4 is 5.32 Å². The van der Waals surface area contributed by atoms with Crippen molar-refractivity contribution in [3.05, 3.63) is 79.0 Å². The summed E-state index contributed by atoms with van der Waals surface area (Å²) in [6.45, 7) is 0. The van der Waals surface area contributed by atoms with Gasteiger partial charge in [0.2, 0.25) is 5.91 Å². The number of nitrogens with zero attached hydrogens (tertiary/aromatic N) is 3. The van der Waals surface area contributed by atoms with E-state index in [1.807, 2.05) is 36.4 Å². The van der Waals surface area contributed by atoms with E-state index in [0.29, 0.717) is 16.9 Å². The number of hydrogen-bond donors (Lipinski definition) is 4. The Hall–Kier alpha value is -5.05. The number of carbonyl (C=O) groups excluding carboxylic acids is 1. The number of H-pyrrole nitrogens is 2. The van der Waals surface area contributed by atoms with E-state index in [9.17, 15) is 14.3 Å². The summed E-state index contributed by atoms with van der Waals surface area (Å²) in [5, 5.41) is 22.0. The minimum absolute atomic E-state index is 0.0290. The molecule has 1 fully saturated rings. The smallest absolute Gasteiger partial charge is 0.227 e. The first-order valence-corrected chi connectivity index (χ1v) is 12.2. The van der Waals surface area contributed by atoms with Gasteiger partial charge in [-0.25, -0.2) is 9.37 Å². The second-order valence-corrected chi connectivity index (χ2v) is 9.57. The van der Waals surface area contributed by atoms with E-state index in [4.69, 9.17) is 0 Å². The number of anilines is 1. The van der Waals surface area contributed by atoms with Gasteiger partial charge >= 0.3 is 0 Å². The van der Waals surface area contributed by atoms with E-state index < -0.39 is 5.82 Å². The lowest BCUT2D eigenvalue weighted by atomic mass is 10.0. The van der Waals surface area contributed by atoms with Gasteiger partial charge in [-0.05, 0) is 60.4 Å². The molecule has 8 nitrogen and oxygen atoms in total. The highest BCUT2D eigenvalue weighted by molar-refractivity contribution is 6.01. The maximum absolute atomic E-state index is 14.0. The molecule has 4 N–H and O–H groups in total. The zero-order valence-corrected chi connectivity index (χ0v) is 20.0. The SMILES string of the molecule is O=C(Nc1cncc(-c2cnc3n[nH]c(-c4cc5c(-c6cc(O)cc(F)c6)cccc5[nH]4)c3c2)c1)C1CC1. The fourth-order valence-corrected chi connectivity index (χ4v) is 4.79. The molecule has 0 bridgehead atoms. The van der Waals surface area contributed by atoms with Crippen LogP contribution in [0.4, 0.5) is 10.1 Å². The lowest BCUT2D eigenvalue weighted by Crippen LogP contribution is -2.13. The highest BCUT2D eigenvalue weighted by atomic mass is 19.1. The van der Waals surface area contributed by atoms with Crippen LogP contribution in [-0.2, 0) is 4.79 Å². The zero-order chi connectivity index (χ0) is 25.8. The highest BCUT2D eigenvalue weighted by Gasteiger charge is 2.29. The van der Waals surface area contributed by atoms with Crippen LogP contribution in [0.3, 0.4) is 0 Å². The summed E-state index contributed by atoms with van der Waals surface area (Å²) in [4.78, 5) is 24.4. The molecule has 0 spiro atoms. The second-order valence-electron chi connectivity index (χ2n) is 9.57. The Morgan fingerprint density at radius 3 is 2.68 bits per heavy atom. The third-order valence-electron chi connectivity index (χ3n) is 6.82. The van der Waals surface area contributed by atoms with Crippen LogP contribution in [-0.4, -0.2) is 36.2 Å². The number of pyridine rings is 2. The quantitative estimate of drug-likeness (QED) is 0.229. The Balaban J connectivity index is 1.29. The van der Waals surface area contributed by atoms with Crippen LogP contribution >= 0.6 is 0 Å². The number of nitrogens with one attached hydrogen (secondary N) is 3. The average molecular weight is 505 g/mol. The summed E-state index contributed by atoms with van der Waals surface area (Å²) >= 11 is 0. The number of benzene rings is 2. The van der Waals surface area contributed by atoms with Crippen molar-refractivity contribution in [2.45, 2.75) is 12.8 Å². The maximum Gasteiger partial charge on any atom is 0.227 e. The molecule has 9 heteroatoms. The standard InChI is InChI=1S/C29H21FN6O2/c30-19-6-16(8-21(37)10-19)22-2-1-3-25-23(22)11-26(34-25)27-24-9-18(13-32-28(24)36-35-27)17-7-20(14-31-12-17)33-29(38)15-4-5-15/h1-3,6-15,34,37H,4-5H2,(H,33,38)(H,32,35,36). The number of phenols is 1. The van der Waals surface area contributed by atoms with E-state index >= 15 is 0 Å². The lowest BCUT2D eigenvalue weighted by Gasteiger charge is -2.07. The number of aromatic amines is 2. The summed E-state index contributed by atoms with van der Waals surface area (Å²) in [5.74, 6) is -0.497. The Labute approximate surface area is 215 Å². The first kappa shape index (κ1) is 22.2. The van der Waals surface area contributed by atoms with Crippen molar-refractivity contribution < 1.29 is 14.3 Å². The van der Waals surface area contributed by atoms with Crippen LogP contribution in [0, 0.1) is 11.7 Å². The molecule has 1 saturated carbocycles. The molecule has 0 radical (unpaired) electrons. The molecule has 6 aromatic rings. The average Bonchev–Trinajstić information content (AvgIpc) is 3.54. The fraction of sp³-hybridized carbons (Fsp3) is 0.103. The summed E-state index contributed by atoms with van der Waals surface area (Å²) in [7, 11) is 0.